The first-order chi connectivity index (χ1) is 14.5. The van der Waals surface area contributed by atoms with Gasteiger partial charge in [0.2, 0.25) is 0 Å². The van der Waals surface area contributed by atoms with Crippen molar-refractivity contribution in [1.82, 2.24) is 19.4 Å². The molecular weight excluding hydrogens is 383 g/mol. The lowest BCUT2D eigenvalue weighted by Crippen LogP contribution is -2.50. The Morgan fingerprint density at radius 3 is 2.40 bits per heavy atom. The zero-order valence-corrected chi connectivity index (χ0v) is 17.2. The van der Waals surface area contributed by atoms with Crippen LogP contribution < -0.4 is 5.56 Å². The van der Waals surface area contributed by atoms with E-state index in [0.29, 0.717) is 42.6 Å². The monoisotopic (exact) mass is 408 g/mol. The molecule has 6 nitrogen and oxygen atoms in total. The fourth-order valence-corrected chi connectivity index (χ4v) is 4.15. The second kappa shape index (κ2) is 8.36. The number of hydrogen-bond donors (Lipinski definition) is 0. The smallest absolute Gasteiger partial charge is 0.261 e. The lowest BCUT2D eigenvalue weighted by Gasteiger charge is -2.39. The number of amides is 1. The summed E-state index contributed by atoms with van der Waals surface area (Å²) in [5.74, 6) is 0.314. The average Bonchev–Trinajstić information content (AvgIpc) is 2.78. The van der Waals surface area contributed by atoms with Gasteiger partial charge in [-0.2, -0.15) is 0 Å². The molecule has 1 aromatic heterocycles. The van der Waals surface area contributed by atoms with E-state index in [1.807, 2.05) is 18.2 Å². The van der Waals surface area contributed by atoms with Crippen LogP contribution in [0, 0.1) is 5.82 Å². The van der Waals surface area contributed by atoms with Crippen LogP contribution in [0.15, 0.2) is 53.3 Å². The van der Waals surface area contributed by atoms with Crippen LogP contribution in [0.25, 0.3) is 10.9 Å². The molecule has 0 spiro atoms. The number of piperazine rings is 1. The second-order valence-corrected chi connectivity index (χ2v) is 7.61. The van der Waals surface area contributed by atoms with Gasteiger partial charge >= 0.3 is 0 Å². The Morgan fingerprint density at radius 1 is 1.07 bits per heavy atom. The summed E-state index contributed by atoms with van der Waals surface area (Å²) in [7, 11) is 1.77. The first-order valence-electron chi connectivity index (χ1n) is 10.2. The van der Waals surface area contributed by atoms with Crippen molar-refractivity contribution in [3.63, 3.8) is 0 Å². The van der Waals surface area contributed by atoms with Gasteiger partial charge in [0.15, 0.2) is 0 Å². The van der Waals surface area contributed by atoms with Crippen LogP contribution in [0.2, 0.25) is 0 Å². The molecule has 1 aliphatic rings. The maximum atomic E-state index is 13.1. The molecule has 156 valence electrons. The standard InChI is InChI=1S/C23H25FN4O2/c1-3-20(21-25-19-7-5-4-6-18(19)23(30)26(21)2)27-12-14-28(15-13-27)22(29)16-8-10-17(24)11-9-16/h4-11,20H,3,12-15H2,1-2H3. The van der Waals surface area contributed by atoms with E-state index in [0.717, 1.165) is 12.2 Å². The maximum Gasteiger partial charge on any atom is 0.261 e. The molecule has 2 heterocycles. The molecule has 0 radical (unpaired) electrons. The summed E-state index contributed by atoms with van der Waals surface area (Å²) in [6, 6.07) is 13.1. The highest BCUT2D eigenvalue weighted by molar-refractivity contribution is 5.94. The highest BCUT2D eigenvalue weighted by Gasteiger charge is 2.29. The van der Waals surface area contributed by atoms with Gasteiger partial charge < -0.3 is 4.90 Å². The number of benzene rings is 2. The second-order valence-electron chi connectivity index (χ2n) is 7.61. The van der Waals surface area contributed by atoms with Crippen LogP contribution in [-0.4, -0.2) is 51.4 Å². The van der Waals surface area contributed by atoms with E-state index < -0.39 is 0 Å². The number of para-hydroxylation sites is 1. The molecule has 1 saturated heterocycles. The van der Waals surface area contributed by atoms with Crippen LogP contribution in [0.4, 0.5) is 4.39 Å². The SMILES string of the molecule is CCC(c1nc2ccccc2c(=O)n1C)N1CCN(C(=O)c2ccc(F)cc2)CC1. The van der Waals surface area contributed by atoms with Crippen molar-refractivity contribution in [2.45, 2.75) is 19.4 Å². The van der Waals surface area contributed by atoms with Gasteiger partial charge in [-0.15, -0.1) is 0 Å². The molecule has 0 bridgehead atoms. The Bertz CT molecular complexity index is 1120. The van der Waals surface area contributed by atoms with Gasteiger partial charge in [0, 0.05) is 38.8 Å². The van der Waals surface area contributed by atoms with Crippen molar-refractivity contribution in [1.29, 1.82) is 0 Å². The summed E-state index contributed by atoms with van der Waals surface area (Å²) >= 11 is 0. The first kappa shape index (κ1) is 20.2. The summed E-state index contributed by atoms with van der Waals surface area (Å²) in [6.07, 6.45) is 0.810. The van der Waals surface area contributed by atoms with Gasteiger partial charge in [-0.05, 0) is 42.8 Å². The molecular formula is C23H25FN4O2. The Labute approximate surface area is 174 Å². The number of nitrogens with zero attached hydrogens (tertiary/aromatic N) is 4. The van der Waals surface area contributed by atoms with Crippen molar-refractivity contribution in [3.8, 4) is 0 Å². The maximum absolute atomic E-state index is 13.1. The van der Waals surface area contributed by atoms with Gasteiger partial charge in [-0.25, -0.2) is 9.37 Å². The molecule has 30 heavy (non-hydrogen) atoms. The summed E-state index contributed by atoms with van der Waals surface area (Å²) in [4.78, 5) is 34.4. The predicted octanol–water partition coefficient (Wildman–Crippen LogP) is 2.98. The largest absolute Gasteiger partial charge is 0.336 e. The van der Waals surface area contributed by atoms with E-state index in [1.54, 1.807) is 22.6 Å². The van der Waals surface area contributed by atoms with Crippen LogP contribution in [-0.2, 0) is 7.05 Å². The van der Waals surface area contributed by atoms with Gasteiger partial charge in [-0.3, -0.25) is 19.1 Å². The Morgan fingerprint density at radius 2 is 1.73 bits per heavy atom. The van der Waals surface area contributed by atoms with E-state index in [4.69, 9.17) is 4.98 Å². The van der Waals surface area contributed by atoms with Crippen molar-refractivity contribution < 1.29 is 9.18 Å². The predicted molar refractivity (Wildman–Crippen MR) is 114 cm³/mol. The average molecular weight is 408 g/mol. The molecule has 0 saturated carbocycles. The van der Waals surface area contributed by atoms with Gasteiger partial charge in [0.25, 0.3) is 11.5 Å². The molecule has 2 aromatic carbocycles. The quantitative estimate of drug-likeness (QED) is 0.666. The summed E-state index contributed by atoms with van der Waals surface area (Å²) in [5.41, 5.74) is 1.16. The molecule has 4 rings (SSSR count). The van der Waals surface area contributed by atoms with E-state index in [-0.39, 0.29) is 23.3 Å². The molecule has 0 N–H and O–H groups in total. The summed E-state index contributed by atoms with van der Waals surface area (Å²) in [5, 5.41) is 0.619. The zero-order valence-electron chi connectivity index (χ0n) is 17.2. The molecule has 3 aromatic rings. The zero-order chi connectivity index (χ0) is 21.3. The van der Waals surface area contributed by atoms with Crippen LogP contribution >= 0.6 is 0 Å². The third-order valence-corrected chi connectivity index (χ3v) is 5.84. The fraction of sp³-hybridized carbons (Fsp3) is 0.348. The van der Waals surface area contributed by atoms with E-state index in [2.05, 4.69) is 11.8 Å². The van der Waals surface area contributed by atoms with E-state index in [1.165, 1.54) is 24.3 Å². The van der Waals surface area contributed by atoms with E-state index >= 15 is 0 Å². The molecule has 1 aliphatic heterocycles. The first-order valence-corrected chi connectivity index (χ1v) is 10.2. The summed E-state index contributed by atoms with van der Waals surface area (Å²) in [6.45, 7) is 4.62. The number of hydrogen-bond acceptors (Lipinski definition) is 4. The molecule has 0 aliphatic carbocycles. The van der Waals surface area contributed by atoms with Crippen LogP contribution in [0.3, 0.4) is 0 Å². The fourth-order valence-electron chi connectivity index (χ4n) is 4.15. The van der Waals surface area contributed by atoms with Crippen molar-refractivity contribution in [2.24, 2.45) is 7.05 Å². The minimum atomic E-state index is -0.351. The van der Waals surface area contributed by atoms with Crippen molar-refractivity contribution >= 4 is 16.8 Å². The minimum Gasteiger partial charge on any atom is -0.336 e. The highest BCUT2D eigenvalue weighted by Crippen LogP contribution is 2.25. The number of halogens is 1. The molecule has 7 heteroatoms. The van der Waals surface area contributed by atoms with Crippen molar-refractivity contribution in [2.75, 3.05) is 26.2 Å². The lowest BCUT2D eigenvalue weighted by atomic mass is 10.1. The van der Waals surface area contributed by atoms with Crippen molar-refractivity contribution in [3.05, 3.63) is 76.1 Å². The Balaban J connectivity index is 1.53. The van der Waals surface area contributed by atoms with Gasteiger partial charge in [0.1, 0.15) is 11.6 Å². The number of fused-ring (bicyclic) bond motifs is 1. The molecule has 1 unspecified atom stereocenters. The van der Waals surface area contributed by atoms with Crippen LogP contribution in [0.5, 0.6) is 0 Å². The molecule has 1 atom stereocenters. The highest BCUT2D eigenvalue weighted by atomic mass is 19.1. The number of carbonyl (C=O) groups excluding carboxylic acids is 1. The minimum absolute atomic E-state index is 0.00428. The third kappa shape index (κ3) is 3.73. The number of rotatable bonds is 4. The Hall–Kier alpha value is -3.06. The number of carbonyl (C=O) groups is 1. The van der Waals surface area contributed by atoms with E-state index in [9.17, 15) is 14.0 Å². The molecule has 1 amide bonds. The third-order valence-electron chi connectivity index (χ3n) is 5.84. The van der Waals surface area contributed by atoms with Crippen LogP contribution in [0.1, 0.15) is 35.6 Å². The van der Waals surface area contributed by atoms with Gasteiger partial charge in [-0.1, -0.05) is 19.1 Å². The normalized spacial score (nSPS) is 16.0. The van der Waals surface area contributed by atoms with Gasteiger partial charge in [0.05, 0.1) is 16.9 Å². The summed E-state index contributed by atoms with van der Waals surface area (Å²) < 4.78 is 14.8. The molecule has 1 fully saturated rings. The topological polar surface area (TPSA) is 58.4 Å². The number of aromatic nitrogens is 2. The Kier molecular flexibility index (Phi) is 5.63. The lowest BCUT2D eigenvalue weighted by molar-refractivity contribution is 0.0550.